The van der Waals surface area contributed by atoms with E-state index in [0.29, 0.717) is 13.2 Å². The third kappa shape index (κ3) is 6.88. The number of aromatic nitrogens is 1. The fraction of sp³-hybridized carbons (Fsp3) is 0.360. The number of nitrogens with zero attached hydrogens (tertiary/aromatic N) is 2. The summed E-state index contributed by atoms with van der Waals surface area (Å²) in [5, 5.41) is 5.80. The van der Waals surface area contributed by atoms with Crippen LogP contribution in [0.2, 0.25) is 0 Å². The van der Waals surface area contributed by atoms with Gasteiger partial charge in [0.25, 0.3) is 0 Å². The fourth-order valence-electron chi connectivity index (χ4n) is 3.56. The number of morpholine rings is 1. The van der Waals surface area contributed by atoms with E-state index >= 15 is 0 Å². The maximum Gasteiger partial charge on any atom is 0.226 e. The molecule has 1 aliphatic rings. The minimum Gasteiger partial charge on any atom is -0.486 e. The van der Waals surface area contributed by atoms with E-state index in [9.17, 15) is 4.79 Å². The second-order valence-corrected chi connectivity index (χ2v) is 8.94. The van der Waals surface area contributed by atoms with Gasteiger partial charge in [-0.3, -0.25) is 9.69 Å². The van der Waals surface area contributed by atoms with Gasteiger partial charge >= 0.3 is 0 Å². The summed E-state index contributed by atoms with van der Waals surface area (Å²) < 4.78 is 11.2. The maximum absolute atomic E-state index is 12.4. The Hall–Kier alpha value is -2.74. The molecular weight excluding hydrogens is 422 g/mol. The number of aryl methyl sites for hydroxylation is 1. The smallest absolute Gasteiger partial charge is 0.226 e. The molecule has 0 atom stereocenters. The van der Waals surface area contributed by atoms with Crippen LogP contribution >= 0.6 is 11.3 Å². The summed E-state index contributed by atoms with van der Waals surface area (Å²) in [6, 6.07) is 16.3. The molecule has 0 unspecified atom stereocenters. The SMILES string of the molecule is Cc1ccc(OCc2nc(CC(=O)NCc3cccc(CN4CCOCC4)c3)cs2)cc1. The second-order valence-electron chi connectivity index (χ2n) is 8.00. The van der Waals surface area contributed by atoms with Crippen LogP contribution in [0.1, 0.15) is 27.4 Å². The van der Waals surface area contributed by atoms with Crippen molar-refractivity contribution in [2.45, 2.75) is 33.0 Å². The van der Waals surface area contributed by atoms with E-state index in [1.165, 1.54) is 22.5 Å². The monoisotopic (exact) mass is 451 g/mol. The van der Waals surface area contributed by atoms with Crippen LogP contribution in [0.3, 0.4) is 0 Å². The highest BCUT2D eigenvalue weighted by atomic mass is 32.1. The number of ether oxygens (including phenoxy) is 2. The third-order valence-corrected chi connectivity index (χ3v) is 6.19. The van der Waals surface area contributed by atoms with Gasteiger partial charge < -0.3 is 14.8 Å². The van der Waals surface area contributed by atoms with E-state index in [0.717, 1.165) is 54.9 Å². The Balaban J connectivity index is 1.22. The molecule has 1 fully saturated rings. The van der Waals surface area contributed by atoms with Crippen molar-refractivity contribution >= 4 is 17.2 Å². The first-order chi connectivity index (χ1) is 15.6. The van der Waals surface area contributed by atoms with Crippen molar-refractivity contribution < 1.29 is 14.3 Å². The Bertz CT molecular complexity index is 1010. The van der Waals surface area contributed by atoms with Gasteiger partial charge in [0, 0.05) is 31.6 Å². The quantitative estimate of drug-likeness (QED) is 0.537. The lowest BCUT2D eigenvalue weighted by atomic mass is 10.1. The Morgan fingerprint density at radius 2 is 1.94 bits per heavy atom. The molecule has 1 amide bonds. The van der Waals surface area contributed by atoms with Gasteiger partial charge in [-0.05, 0) is 30.2 Å². The largest absolute Gasteiger partial charge is 0.486 e. The summed E-state index contributed by atoms with van der Waals surface area (Å²) >= 11 is 1.52. The molecule has 2 aromatic carbocycles. The predicted octanol–water partition coefficient (Wildman–Crippen LogP) is 3.72. The highest BCUT2D eigenvalue weighted by molar-refractivity contribution is 7.09. The molecule has 1 N–H and O–H groups in total. The number of carbonyl (C=O) groups excluding carboxylic acids is 1. The number of amides is 1. The number of nitrogens with one attached hydrogen (secondary N) is 1. The second kappa shape index (κ2) is 11.2. The van der Waals surface area contributed by atoms with Crippen LogP contribution in [-0.4, -0.2) is 42.1 Å². The first-order valence-corrected chi connectivity index (χ1v) is 11.8. The number of benzene rings is 2. The maximum atomic E-state index is 12.4. The summed E-state index contributed by atoms with van der Waals surface area (Å²) in [5.41, 5.74) is 4.34. The van der Waals surface area contributed by atoms with E-state index in [1.807, 2.05) is 42.6 Å². The van der Waals surface area contributed by atoms with Crippen molar-refractivity contribution in [2.75, 3.05) is 26.3 Å². The zero-order valence-electron chi connectivity index (χ0n) is 18.4. The summed E-state index contributed by atoms with van der Waals surface area (Å²) in [4.78, 5) is 19.3. The molecule has 2 heterocycles. The number of hydrogen-bond acceptors (Lipinski definition) is 6. The zero-order valence-corrected chi connectivity index (χ0v) is 19.2. The van der Waals surface area contributed by atoms with Gasteiger partial charge in [0.1, 0.15) is 17.4 Å². The highest BCUT2D eigenvalue weighted by Gasteiger charge is 2.12. The minimum absolute atomic E-state index is 0.0279. The average Bonchev–Trinajstić information content (AvgIpc) is 3.25. The van der Waals surface area contributed by atoms with Crippen molar-refractivity contribution in [3.63, 3.8) is 0 Å². The number of thiazole rings is 1. The van der Waals surface area contributed by atoms with Crippen LogP contribution in [0.15, 0.2) is 53.9 Å². The van der Waals surface area contributed by atoms with Crippen molar-refractivity contribution in [1.29, 1.82) is 0 Å². The molecule has 0 saturated carbocycles. The molecule has 0 bridgehead atoms. The lowest BCUT2D eigenvalue weighted by molar-refractivity contribution is -0.120. The number of rotatable bonds is 9. The molecule has 0 spiro atoms. The normalized spacial score (nSPS) is 14.3. The van der Waals surface area contributed by atoms with Gasteiger partial charge in [0.2, 0.25) is 5.91 Å². The Kier molecular flexibility index (Phi) is 7.87. The van der Waals surface area contributed by atoms with Crippen molar-refractivity contribution in [3.05, 3.63) is 81.3 Å². The zero-order chi connectivity index (χ0) is 22.2. The van der Waals surface area contributed by atoms with E-state index in [2.05, 4.69) is 33.4 Å². The molecule has 1 saturated heterocycles. The summed E-state index contributed by atoms with van der Waals surface area (Å²) in [6.45, 7) is 7.41. The molecule has 1 aromatic heterocycles. The van der Waals surface area contributed by atoms with E-state index < -0.39 is 0 Å². The van der Waals surface area contributed by atoms with Crippen LogP contribution in [0.4, 0.5) is 0 Å². The first kappa shape index (κ1) is 22.5. The molecular formula is C25H29N3O3S. The van der Waals surface area contributed by atoms with Gasteiger partial charge in [-0.25, -0.2) is 4.98 Å². The van der Waals surface area contributed by atoms with Crippen LogP contribution in [0, 0.1) is 6.92 Å². The van der Waals surface area contributed by atoms with Gasteiger partial charge in [-0.1, -0.05) is 42.0 Å². The summed E-state index contributed by atoms with van der Waals surface area (Å²) in [7, 11) is 0. The van der Waals surface area contributed by atoms with Gasteiger partial charge in [-0.2, -0.15) is 0 Å². The third-order valence-electron chi connectivity index (χ3n) is 5.32. The predicted molar refractivity (Wildman–Crippen MR) is 126 cm³/mol. The van der Waals surface area contributed by atoms with Crippen molar-refractivity contribution in [3.8, 4) is 5.75 Å². The van der Waals surface area contributed by atoms with Gasteiger partial charge in [0.15, 0.2) is 0 Å². The number of hydrogen-bond donors (Lipinski definition) is 1. The Morgan fingerprint density at radius 3 is 2.75 bits per heavy atom. The van der Waals surface area contributed by atoms with Crippen LogP contribution < -0.4 is 10.1 Å². The average molecular weight is 452 g/mol. The first-order valence-electron chi connectivity index (χ1n) is 10.9. The van der Waals surface area contributed by atoms with Crippen molar-refractivity contribution in [1.82, 2.24) is 15.2 Å². The molecule has 1 aliphatic heterocycles. The molecule has 6 nitrogen and oxygen atoms in total. The highest BCUT2D eigenvalue weighted by Crippen LogP contribution is 2.16. The van der Waals surface area contributed by atoms with E-state index in [4.69, 9.17) is 9.47 Å². The van der Waals surface area contributed by atoms with E-state index in [-0.39, 0.29) is 12.3 Å². The molecule has 0 radical (unpaired) electrons. The summed E-state index contributed by atoms with van der Waals surface area (Å²) in [5.74, 6) is 0.792. The van der Waals surface area contributed by atoms with Crippen LogP contribution in [0.25, 0.3) is 0 Å². The standard InChI is InChI=1S/C25H29N3O3S/c1-19-5-7-23(8-6-19)31-17-25-27-22(18-32-25)14-24(29)26-15-20-3-2-4-21(13-20)16-28-9-11-30-12-10-28/h2-8,13,18H,9-12,14-17H2,1H3,(H,26,29). The molecule has 7 heteroatoms. The lowest BCUT2D eigenvalue weighted by Gasteiger charge is -2.26. The topological polar surface area (TPSA) is 63.7 Å². The lowest BCUT2D eigenvalue weighted by Crippen LogP contribution is -2.35. The Labute approximate surface area is 193 Å². The summed E-state index contributed by atoms with van der Waals surface area (Å²) in [6.07, 6.45) is 0.272. The van der Waals surface area contributed by atoms with Gasteiger partial charge in [-0.15, -0.1) is 11.3 Å². The molecule has 0 aliphatic carbocycles. The van der Waals surface area contributed by atoms with E-state index in [1.54, 1.807) is 0 Å². The molecule has 4 rings (SSSR count). The minimum atomic E-state index is -0.0279. The van der Waals surface area contributed by atoms with Crippen LogP contribution in [0.5, 0.6) is 5.75 Å². The molecule has 3 aromatic rings. The van der Waals surface area contributed by atoms with Crippen molar-refractivity contribution in [2.24, 2.45) is 0 Å². The fourth-order valence-corrected chi connectivity index (χ4v) is 4.26. The number of carbonyl (C=O) groups is 1. The van der Waals surface area contributed by atoms with Gasteiger partial charge in [0.05, 0.1) is 25.3 Å². The van der Waals surface area contributed by atoms with Crippen LogP contribution in [-0.2, 0) is 35.6 Å². The Morgan fingerprint density at radius 1 is 1.16 bits per heavy atom. The molecule has 32 heavy (non-hydrogen) atoms. The molecule has 168 valence electrons.